The second-order valence-corrected chi connectivity index (χ2v) is 5.31. The Balaban J connectivity index is 2.03. The lowest BCUT2D eigenvalue weighted by Gasteiger charge is -1.99. The zero-order valence-electron chi connectivity index (χ0n) is 10.9. The number of hydrogen-bond donors (Lipinski definition) is 1. The van der Waals surface area contributed by atoms with Crippen molar-refractivity contribution in [2.24, 2.45) is 10.9 Å². The van der Waals surface area contributed by atoms with Gasteiger partial charge in [-0.3, -0.25) is 4.99 Å². The van der Waals surface area contributed by atoms with Gasteiger partial charge < -0.3 is 4.98 Å². The fourth-order valence-corrected chi connectivity index (χ4v) is 2.26. The van der Waals surface area contributed by atoms with Gasteiger partial charge >= 0.3 is 0 Å². The molecule has 0 spiro atoms. The molecule has 0 bridgehead atoms. The van der Waals surface area contributed by atoms with Crippen molar-refractivity contribution >= 4 is 28.7 Å². The van der Waals surface area contributed by atoms with E-state index in [0.29, 0.717) is 5.92 Å². The minimum atomic E-state index is 0.672. The molecule has 2 aromatic rings. The Labute approximate surface area is 113 Å². The summed E-state index contributed by atoms with van der Waals surface area (Å²) < 4.78 is 0. The number of nitrogens with one attached hydrogen (secondary N) is 1. The molecule has 0 aliphatic rings. The zero-order chi connectivity index (χ0) is 13.0. The molecule has 0 amide bonds. The second-order valence-electron chi connectivity index (χ2n) is 4.93. The fourth-order valence-electron chi connectivity index (χ4n) is 1.96. The standard InChI is InChI=1S/C15H19ClN2/c1-11(2)7-9-17-10-8-13-12-5-3-4-6-14(12)18-15(13)16/h3-6,9,11,18H,7-8,10H2,1-2H3. The molecular formula is C15H19ClN2. The minimum absolute atomic E-state index is 0.672. The summed E-state index contributed by atoms with van der Waals surface area (Å²) in [6.07, 6.45) is 3.95. The van der Waals surface area contributed by atoms with E-state index in [1.807, 2.05) is 24.4 Å². The third-order valence-electron chi connectivity index (χ3n) is 2.96. The van der Waals surface area contributed by atoms with E-state index in [4.69, 9.17) is 11.6 Å². The van der Waals surface area contributed by atoms with Crippen LogP contribution < -0.4 is 0 Å². The van der Waals surface area contributed by atoms with Crippen molar-refractivity contribution in [1.29, 1.82) is 0 Å². The normalized spacial score (nSPS) is 12.0. The highest BCUT2D eigenvalue weighted by Crippen LogP contribution is 2.26. The SMILES string of the molecule is CC(C)CC=NCCc1c(Cl)[nH]c2ccccc12. The van der Waals surface area contributed by atoms with Crippen LogP contribution in [0, 0.1) is 5.92 Å². The van der Waals surface area contributed by atoms with Gasteiger partial charge in [-0.05, 0) is 36.6 Å². The van der Waals surface area contributed by atoms with E-state index in [2.05, 4.69) is 29.9 Å². The Kier molecular flexibility index (Phi) is 4.43. The fraction of sp³-hybridized carbons (Fsp3) is 0.400. The van der Waals surface area contributed by atoms with Crippen molar-refractivity contribution < 1.29 is 0 Å². The Hall–Kier alpha value is -1.28. The van der Waals surface area contributed by atoms with Crippen molar-refractivity contribution in [1.82, 2.24) is 4.98 Å². The van der Waals surface area contributed by atoms with Crippen LogP contribution in [0.5, 0.6) is 0 Å². The number of aromatic nitrogens is 1. The summed E-state index contributed by atoms with van der Waals surface area (Å²) >= 11 is 6.22. The summed E-state index contributed by atoms with van der Waals surface area (Å²) in [5.41, 5.74) is 2.28. The molecule has 18 heavy (non-hydrogen) atoms. The smallest absolute Gasteiger partial charge is 0.110 e. The Bertz CT molecular complexity index is 540. The molecule has 0 saturated heterocycles. The predicted octanol–water partition coefficient (Wildman–Crippen LogP) is 4.48. The number of aliphatic imine (C=N–C) groups is 1. The van der Waals surface area contributed by atoms with Crippen LogP contribution in [0.25, 0.3) is 10.9 Å². The van der Waals surface area contributed by atoms with Gasteiger partial charge in [0.05, 0.1) is 0 Å². The van der Waals surface area contributed by atoms with Gasteiger partial charge in [0, 0.05) is 17.4 Å². The molecule has 2 nitrogen and oxygen atoms in total. The van der Waals surface area contributed by atoms with E-state index in [1.54, 1.807) is 0 Å². The molecule has 0 atom stereocenters. The molecule has 1 aromatic heterocycles. The van der Waals surface area contributed by atoms with Crippen molar-refractivity contribution in [2.45, 2.75) is 26.7 Å². The third-order valence-corrected chi connectivity index (χ3v) is 3.28. The zero-order valence-corrected chi connectivity index (χ0v) is 11.7. The van der Waals surface area contributed by atoms with E-state index in [1.165, 1.54) is 10.9 Å². The summed E-state index contributed by atoms with van der Waals surface area (Å²) in [6, 6.07) is 8.20. The molecule has 0 radical (unpaired) electrons. The van der Waals surface area contributed by atoms with E-state index in [-0.39, 0.29) is 0 Å². The highest BCUT2D eigenvalue weighted by atomic mass is 35.5. The van der Waals surface area contributed by atoms with Crippen LogP contribution in [-0.4, -0.2) is 17.7 Å². The number of para-hydroxylation sites is 1. The first-order valence-electron chi connectivity index (χ1n) is 6.42. The van der Waals surface area contributed by atoms with Crippen molar-refractivity contribution in [3.8, 4) is 0 Å². The predicted molar refractivity (Wildman–Crippen MR) is 79.8 cm³/mol. The number of fused-ring (bicyclic) bond motifs is 1. The third kappa shape index (κ3) is 3.14. The maximum absolute atomic E-state index is 6.22. The van der Waals surface area contributed by atoms with Gasteiger partial charge in [-0.2, -0.15) is 0 Å². The second kappa shape index (κ2) is 6.05. The molecule has 1 aromatic carbocycles. The molecule has 3 heteroatoms. The maximum Gasteiger partial charge on any atom is 0.110 e. The lowest BCUT2D eigenvalue weighted by molar-refractivity contribution is 0.689. The first-order valence-corrected chi connectivity index (χ1v) is 6.79. The van der Waals surface area contributed by atoms with Crippen molar-refractivity contribution in [3.05, 3.63) is 35.0 Å². The number of rotatable bonds is 5. The molecule has 0 unspecified atom stereocenters. The van der Waals surface area contributed by atoms with Crippen LogP contribution in [0.2, 0.25) is 5.15 Å². The summed E-state index contributed by atoms with van der Waals surface area (Å²) in [5.74, 6) is 0.672. The van der Waals surface area contributed by atoms with E-state index >= 15 is 0 Å². The Morgan fingerprint density at radius 2 is 2.11 bits per heavy atom. The van der Waals surface area contributed by atoms with Gasteiger partial charge in [-0.25, -0.2) is 0 Å². The number of nitrogens with zero attached hydrogens (tertiary/aromatic N) is 1. The Morgan fingerprint density at radius 3 is 2.89 bits per heavy atom. The van der Waals surface area contributed by atoms with E-state index < -0.39 is 0 Å². The van der Waals surface area contributed by atoms with Crippen molar-refractivity contribution in [2.75, 3.05) is 6.54 Å². The van der Waals surface area contributed by atoms with Gasteiger partial charge in [0.15, 0.2) is 0 Å². The summed E-state index contributed by atoms with van der Waals surface area (Å²) in [4.78, 5) is 7.64. The van der Waals surface area contributed by atoms with Gasteiger partial charge in [0.25, 0.3) is 0 Å². The highest BCUT2D eigenvalue weighted by molar-refractivity contribution is 6.31. The molecule has 0 saturated carbocycles. The first-order chi connectivity index (χ1) is 8.68. The molecule has 1 heterocycles. The number of hydrogen-bond acceptors (Lipinski definition) is 1. The molecule has 1 N–H and O–H groups in total. The van der Waals surface area contributed by atoms with Crippen LogP contribution in [-0.2, 0) is 6.42 Å². The summed E-state index contributed by atoms with van der Waals surface area (Å²) in [6.45, 7) is 5.19. The number of halogens is 1. The van der Waals surface area contributed by atoms with Crippen LogP contribution in [0.1, 0.15) is 25.8 Å². The lowest BCUT2D eigenvalue weighted by Crippen LogP contribution is -1.92. The number of benzene rings is 1. The largest absolute Gasteiger partial charge is 0.345 e. The molecular weight excluding hydrogens is 244 g/mol. The summed E-state index contributed by atoms with van der Waals surface area (Å²) in [5, 5.41) is 1.96. The van der Waals surface area contributed by atoms with E-state index in [9.17, 15) is 0 Å². The van der Waals surface area contributed by atoms with Crippen LogP contribution in [0.4, 0.5) is 0 Å². The number of H-pyrrole nitrogens is 1. The molecule has 2 rings (SSSR count). The Morgan fingerprint density at radius 1 is 1.33 bits per heavy atom. The van der Waals surface area contributed by atoms with Gasteiger partial charge in [0.2, 0.25) is 0 Å². The van der Waals surface area contributed by atoms with Gasteiger partial charge in [0.1, 0.15) is 5.15 Å². The number of aromatic amines is 1. The quantitative estimate of drug-likeness (QED) is 0.770. The van der Waals surface area contributed by atoms with Crippen LogP contribution in [0.3, 0.4) is 0 Å². The highest BCUT2D eigenvalue weighted by Gasteiger charge is 2.08. The molecule has 0 aliphatic heterocycles. The van der Waals surface area contributed by atoms with Gasteiger partial charge in [-0.1, -0.05) is 43.6 Å². The van der Waals surface area contributed by atoms with Gasteiger partial charge in [-0.15, -0.1) is 0 Å². The van der Waals surface area contributed by atoms with Crippen LogP contribution >= 0.6 is 11.6 Å². The van der Waals surface area contributed by atoms with Crippen LogP contribution in [0.15, 0.2) is 29.3 Å². The van der Waals surface area contributed by atoms with Crippen molar-refractivity contribution in [3.63, 3.8) is 0 Å². The minimum Gasteiger partial charge on any atom is -0.345 e. The first kappa shape index (κ1) is 13.2. The summed E-state index contributed by atoms with van der Waals surface area (Å²) in [7, 11) is 0. The monoisotopic (exact) mass is 262 g/mol. The maximum atomic E-state index is 6.22. The lowest BCUT2D eigenvalue weighted by atomic mass is 10.1. The average Bonchev–Trinajstić information content (AvgIpc) is 2.65. The molecule has 0 fully saturated rings. The average molecular weight is 263 g/mol. The molecule has 96 valence electrons. The molecule has 0 aliphatic carbocycles. The van der Waals surface area contributed by atoms with E-state index in [0.717, 1.165) is 30.1 Å². The topological polar surface area (TPSA) is 28.1 Å².